The van der Waals surface area contributed by atoms with E-state index in [0.29, 0.717) is 29.2 Å². The molecule has 0 radical (unpaired) electrons. The maximum atomic E-state index is 13.1. The molecule has 8 nitrogen and oxygen atoms in total. The van der Waals surface area contributed by atoms with E-state index in [2.05, 4.69) is 10.0 Å². The quantitative estimate of drug-likeness (QED) is 0.269. The van der Waals surface area contributed by atoms with Crippen molar-refractivity contribution >= 4 is 17.7 Å². The Kier molecular flexibility index (Phi) is 7.71. The molecule has 0 atom stereocenters. The van der Waals surface area contributed by atoms with Crippen LogP contribution in [0.4, 0.5) is 5.69 Å². The van der Waals surface area contributed by atoms with Crippen molar-refractivity contribution in [3.05, 3.63) is 65.7 Å². The van der Waals surface area contributed by atoms with Crippen LogP contribution in [-0.2, 0) is 13.0 Å². The number of hydrogen-bond donors (Lipinski definition) is 0. The van der Waals surface area contributed by atoms with Gasteiger partial charge in [0.05, 0.1) is 27.5 Å². The highest BCUT2D eigenvalue weighted by Gasteiger charge is 2.22. The normalized spacial score (nSPS) is 11.0. The number of Topliss-reactive ketones (excluding diaryl/α,β-unsaturated/α-hetero) is 1. The number of rotatable bonds is 10. The zero-order chi connectivity index (χ0) is 24.0. The number of carbonyl (C=O) groups excluding carboxylic acids is 1. The molecule has 3 aromatic rings. The zero-order valence-electron chi connectivity index (χ0n) is 20.0. The molecular weight excluding hydrogens is 420 g/mol. The predicted molar refractivity (Wildman–Crippen MR) is 128 cm³/mol. The van der Waals surface area contributed by atoms with Gasteiger partial charge >= 0.3 is 0 Å². The van der Waals surface area contributed by atoms with Crippen molar-refractivity contribution in [1.82, 2.24) is 4.68 Å². The minimum absolute atomic E-state index is 0.0741. The van der Waals surface area contributed by atoms with Crippen LogP contribution in [0.3, 0.4) is 0 Å². The van der Waals surface area contributed by atoms with Gasteiger partial charge in [0.2, 0.25) is 11.5 Å². The molecule has 0 unspecified atom stereocenters. The van der Waals surface area contributed by atoms with E-state index in [1.807, 2.05) is 68.5 Å². The number of aromatic nitrogens is 2. The smallest absolute Gasteiger partial charge is 0.282 e. The lowest BCUT2D eigenvalue weighted by Gasteiger charge is -2.13. The first-order valence-electron chi connectivity index (χ1n) is 10.7. The fourth-order valence-corrected chi connectivity index (χ4v) is 3.54. The lowest BCUT2D eigenvalue weighted by molar-refractivity contribution is -0.690. The summed E-state index contributed by atoms with van der Waals surface area (Å²) >= 11 is 0. The number of ketones is 1. The number of nitrogens with zero attached hydrogens (tertiary/aromatic N) is 4. The van der Waals surface area contributed by atoms with Crippen LogP contribution in [0.5, 0.6) is 17.2 Å². The minimum atomic E-state index is -0.0741. The maximum Gasteiger partial charge on any atom is 0.282 e. The van der Waals surface area contributed by atoms with Gasteiger partial charge in [-0.1, -0.05) is 24.2 Å². The van der Waals surface area contributed by atoms with Crippen molar-refractivity contribution in [1.29, 1.82) is 0 Å². The average Bonchev–Trinajstić information content (AvgIpc) is 3.22. The van der Waals surface area contributed by atoms with Crippen LogP contribution < -0.4 is 23.7 Å². The molecule has 0 amide bonds. The number of methoxy groups -OCH3 is 3. The summed E-state index contributed by atoms with van der Waals surface area (Å²) in [5.41, 5.74) is 2.61. The molecule has 1 aromatic heterocycles. The van der Waals surface area contributed by atoms with Gasteiger partial charge in [0.15, 0.2) is 24.2 Å². The number of imidazole rings is 1. The Hall–Kier alpha value is -3.81. The van der Waals surface area contributed by atoms with Crippen LogP contribution in [0, 0.1) is 0 Å². The van der Waals surface area contributed by atoms with E-state index < -0.39 is 0 Å². The largest absolute Gasteiger partial charge is 0.493 e. The van der Waals surface area contributed by atoms with Crippen LogP contribution in [-0.4, -0.2) is 52.1 Å². The van der Waals surface area contributed by atoms with E-state index in [4.69, 9.17) is 14.2 Å². The van der Waals surface area contributed by atoms with Gasteiger partial charge in [0.25, 0.3) is 5.82 Å². The Morgan fingerprint density at radius 2 is 1.70 bits per heavy atom. The highest BCUT2D eigenvalue weighted by molar-refractivity contribution is 5.96. The Morgan fingerprint density at radius 3 is 2.21 bits per heavy atom. The third kappa shape index (κ3) is 5.34. The fourth-order valence-electron chi connectivity index (χ4n) is 3.54. The summed E-state index contributed by atoms with van der Waals surface area (Å²) in [6.07, 6.45) is 6.24. The Labute approximate surface area is 194 Å². The Balaban J connectivity index is 1.82. The van der Waals surface area contributed by atoms with Crippen molar-refractivity contribution in [2.75, 3.05) is 40.3 Å². The summed E-state index contributed by atoms with van der Waals surface area (Å²) in [4.78, 5) is 15.1. The van der Waals surface area contributed by atoms with Crippen LogP contribution >= 0.6 is 0 Å². The number of anilines is 1. The second-order valence-corrected chi connectivity index (χ2v) is 7.61. The second-order valence-electron chi connectivity index (χ2n) is 7.61. The molecule has 0 aliphatic rings. The first-order chi connectivity index (χ1) is 15.9. The van der Waals surface area contributed by atoms with E-state index in [-0.39, 0.29) is 12.3 Å². The average molecular weight is 452 g/mol. The minimum Gasteiger partial charge on any atom is -0.493 e. The lowest BCUT2D eigenvalue weighted by atomic mass is 10.1. The third-order valence-electron chi connectivity index (χ3n) is 5.34. The summed E-state index contributed by atoms with van der Waals surface area (Å²) in [5, 5.41) is 4.59. The van der Waals surface area contributed by atoms with Crippen LogP contribution in [0.2, 0.25) is 0 Å². The van der Waals surface area contributed by atoms with Gasteiger partial charge in [-0.05, 0) is 29.8 Å². The van der Waals surface area contributed by atoms with Crippen molar-refractivity contribution in [3.8, 4) is 17.2 Å². The van der Waals surface area contributed by atoms with Gasteiger partial charge in [0.1, 0.15) is 6.20 Å². The molecule has 0 N–H and O–H groups in total. The summed E-state index contributed by atoms with van der Waals surface area (Å²) < 4.78 is 19.8. The molecule has 0 fully saturated rings. The van der Waals surface area contributed by atoms with E-state index >= 15 is 0 Å². The highest BCUT2D eigenvalue weighted by atomic mass is 16.5. The Morgan fingerprint density at radius 1 is 1.06 bits per heavy atom. The van der Waals surface area contributed by atoms with Crippen LogP contribution in [0.25, 0.3) is 0 Å². The van der Waals surface area contributed by atoms with Gasteiger partial charge < -0.3 is 19.1 Å². The van der Waals surface area contributed by atoms with Gasteiger partial charge in [0, 0.05) is 31.8 Å². The molecule has 2 aromatic carbocycles. The molecule has 0 saturated heterocycles. The molecule has 1 heterocycles. The summed E-state index contributed by atoms with van der Waals surface area (Å²) in [6, 6.07) is 11.5. The molecule has 0 saturated carbocycles. The van der Waals surface area contributed by atoms with Gasteiger partial charge in [-0.15, -0.1) is 4.68 Å². The van der Waals surface area contributed by atoms with Crippen molar-refractivity contribution in [2.45, 2.75) is 19.9 Å². The Bertz CT molecular complexity index is 1110. The van der Waals surface area contributed by atoms with Gasteiger partial charge in [-0.3, -0.25) is 4.79 Å². The van der Waals surface area contributed by atoms with Gasteiger partial charge in [-0.25, -0.2) is 4.57 Å². The van der Waals surface area contributed by atoms with Crippen molar-refractivity contribution < 1.29 is 23.6 Å². The van der Waals surface area contributed by atoms with E-state index in [9.17, 15) is 4.79 Å². The molecule has 0 aliphatic heterocycles. The molecular formula is C25H31N4O4+. The maximum absolute atomic E-state index is 13.1. The summed E-state index contributed by atoms with van der Waals surface area (Å²) in [7, 11) is 8.61. The molecule has 33 heavy (non-hydrogen) atoms. The molecule has 174 valence electrons. The highest BCUT2D eigenvalue weighted by Crippen LogP contribution is 2.38. The second kappa shape index (κ2) is 10.7. The molecule has 0 aliphatic carbocycles. The topological polar surface area (TPSA) is 69.2 Å². The first kappa shape index (κ1) is 23.8. The van der Waals surface area contributed by atoms with E-state index in [1.54, 1.807) is 16.8 Å². The summed E-state index contributed by atoms with van der Waals surface area (Å²) in [5.74, 6) is 2.19. The molecule has 0 spiro atoms. The lowest BCUT2D eigenvalue weighted by Crippen LogP contribution is -2.40. The first-order valence-corrected chi connectivity index (χ1v) is 10.7. The molecule has 0 bridgehead atoms. The van der Waals surface area contributed by atoms with Crippen LogP contribution in [0.15, 0.2) is 53.9 Å². The fraction of sp³-hybridized carbons (Fsp3) is 0.320. The number of hydrogen-bond acceptors (Lipinski definition) is 6. The predicted octanol–water partition coefficient (Wildman–Crippen LogP) is 3.19. The third-order valence-corrected chi connectivity index (χ3v) is 5.34. The van der Waals surface area contributed by atoms with Gasteiger partial charge in [-0.2, -0.15) is 0 Å². The van der Waals surface area contributed by atoms with Crippen molar-refractivity contribution in [3.63, 3.8) is 0 Å². The van der Waals surface area contributed by atoms with Crippen molar-refractivity contribution in [2.24, 2.45) is 5.10 Å². The monoisotopic (exact) mass is 451 g/mol. The SMILES string of the molecule is CCc1n(/N=C\c2ccc(N(C)C)cc2)cc[n+]1CC(=O)c1cc(OC)c(OC)c(OC)c1. The number of ether oxygens (including phenoxy) is 3. The van der Waals surface area contributed by atoms with Crippen LogP contribution in [0.1, 0.15) is 28.7 Å². The number of carbonyl (C=O) groups is 1. The standard InChI is InChI=1S/C25H31N4O4/c1-7-24-28(12-13-29(24)26-16-18-8-10-20(11-9-18)27(2)3)17-21(30)19-14-22(31-4)25(33-6)23(15-19)32-5/h8-16H,7,17H2,1-6H3/q+1/b26-16-. The zero-order valence-corrected chi connectivity index (χ0v) is 20.0. The molecule has 8 heteroatoms. The molecule has 3 rings (SSSR count). The number of benzene rings is 2. The van der Waals surface area contributed by atoms with E-state index in [1.165, 1.54) is 21.3 Å². The summed E-state index contributed by atoms with van der Waals surface area (Å²) in [6.45, 7) is 2.20. The van der Waals surface area contributed by atoms with E-state index in [0.717, 1.165) is 17.1 Å².